The lowest BCUT2D eigenvalue weighted by molar-refractivity contribution is 0.420. The Hall–Kier alpha value is -14.7. The number of furan rings is 3. The number of hydrogen-bond donors (Lipinski definition) is 0. The zero-order valence-electron chi connectivity index (χ0n) is 61.1. The van der Waals surface area contributed by atoms with Crippen molar-refractivity contribution < 1.29 is 26.8 Å². The molecule has 0 unspecified atom stereocenters. The lowest BCUT2D eigenvalue weighted by Gasteiger charge is -2.19. The molecular formula is C107H64F2O4. The second-order valence-electron chi connectivity index (χ2n) is 29.2. The molecule has 3 aromatic heterocycles. The van der Waals surface area contributed by atoms with Gasteiger partial charge in [-0.25, -0.2) is 8.78 Å². The van der Waals surface area contributed by atoms with Crippen LogP contribution in [-0.4, -0.2) is 7.11 Å². The summed E-state index contributed by atoms with van der Waals surface area (Å²) in [6, 6.07) is 128. The zero-order chi connectivity index (χ0) is 74.9. The van der Waals surface area contributed by atoms with E-state index in [1.807, 2.05) is 60.7 Å². The van der Waals surface area contributed by atoms with Crippen molar-refractivity contribution >= 4 is 174 Å². The van der Waals surface area contributed by atoms with Gasteiger partial charge in [-0.1, -0.05) is 297 Å². The van der Waals surface area contributed by atoms with E-state index in [2.05, 4.69) is 291 Å². The van der Waals surface area contributed by atoms with E-state index in [1.165, 1.54) is 104 Å². The van der Waals surface area contributed by atoms with E-state index >= 15 is 0 Å². The van der Waals surface area contributed by atoms with Crippen LogP contribution in [0.25, 0.3) is 229 Å². The van der Waals surface area contributed by atoms with Crippen LogP contribution in [0.1, 0.15) is 0 Å². The molecule has 0 N–H and O–H groups in total. The fourth-order valence-electron chi connectivity index (χ4n) is 18.2. The number of para-hydroxylation sites is 3. The van der Waals surface area contributed by atoms with E-state index in [0.29, 0.717) is 5.56 Å². The van der Waals surface area contributed by atoms with E-state index in [0.717, 1.165) is 132 Å². The maximum atomic E-state index is 14.8. The Morgan fingerprint density at radius 3 is 1.12 bits per heavy atom. The molecule has 0 atom stereocenters. The lowest BCUT2D eigenvalue weighted by atomic mass is 9.83. The highest BCUT2D eigenvalue weighted by atomic mass is 19.2. The second-order valence-corrected chi connectivity index (χ2v) is 29.2. The van der Waals surface area contributed by atoms with Crippen LogP contribution in [0.2, 0.25) is 0 Å². The summed E-state index contributed by atoms with van der Waals surface area (Å²) in [6.07, 6.45) is 0. The van der Waals surface area contributed by atoms with Gasteiger partial charge in [0.25, 0.3) is 0 Å². The van der Waals surface area contributed by atoms with Gasteiger partial charge >= 0.3 is 0 Å². The third kappa shape index (κ3) is 10.4. The van der Waals surface area contributed by atoms with Crippen molar-refractivity contribution in [2.75, 3.05) is 7.11 Å². The van der Waals surface area contributed by atoms with E-state index in [1.54, 1.807) is 13.2 Å². The molecule has 0 aliphatic heterocycles. The van der Waals surface area contributed by atoms with Crippen LogP contribution in [0, 0.1) is 11.6 Å². The molecule has 4 nitrogen and oxygen atoms in total. The highest BCUT2D eigenvalue weighted by molar-refractivity contribution is 6.32. The van der Waals surface area contributed by atoms with Gasteiger partial charge in [-0.2, -0.15) is 0 Å². The molecule has 113 heavy (non-hydrogen) atoms. The van der Waals surface area contributed by atoms with Crippen LogP contribution >= 0.6 is 0 Å². The van der Waals surface area contributed by atoms with Crippen LogP contribution in [0.4, 0.5) is 8.78 Å². The summed E-state index contributed by atoms with van der Waals surface area (Å²) in [5.41, 5.74) is 15.9. The predicted molar refractivity (Wildman–Crippen MR) is 470 cm³/mol. The van der Waals surface area contributed by atoms with E-state index in [4.69, 9.17) is 18.0 Å². The van der Waals surface area contributed by atoms with Gasteiger partial charge in [0.1, 0.15) is 39.2 Å². The molecule has 24 rings (SSSR count). The Kier molecular flexibility index (Phi) is 15.2. The van der Waals surface area contributed by atoms with Crippen LogP contribution < -0.4 is 4.74 Å². The van der Waals surface area contributed by atoms with Crippen molar-refractivity contribution in [2.45, 2.75) is 0 Å². The fourth-order valence-corrected chi connectivity index (χ4v) is 18.2. The van der Waals surface area contributed by atoms with E-state index in [-0.39, 0.29) is 5.56 Å². The minimum Gasteiger partial charge on any atom is -0.496 e. The molecule has 0 aliphatic rings. The third-order valence-electron chi connectivity index (χ3n) is 23.2. The number of halogens is 2. The molecule has 0 bridgehead atoms. The maximum absolute atomic E-state index is 14.8. The molecular weight excluding hydrogens is 1390 g/mol. The molecule has 0 radical (unpaired) electrons. The monoisotopic (exact) mass is 1450 g/mol. The fraction of sp³-hybridized carbons (Fsp3) is 0.00935. The van der Waals surface area contributed by atoms with Gasteiger partial charge in [0.15, 0.2) is 11.6 Å². The molecule has 0 saturated heterocycles. The summed E-state index contributed by atoms with van der Waals surface area (Å²) < 4.78 is 54.1. The number of fused-ring (bicyclic) bond motifs is 25. The van der Waals surface area contributed by atoms with Gasteiger partial charge in [-0.3, -0.25) is 0 Å². The lowest BCUT2D eigenvalue weighted by Crippen LogP contribution is -1.92. The highest BCUT2D eigenvalue weighted by Crippen LogP contribution is 2.51. The first-order valence-corrected chi connectivity index (χ1v) is 38.2. The molecule has 21 aromatic carbocycles. The van der Waals surface area contributed by atoms with Crippen LogP contribution in [0.5, 0.6) is 5.75 Å². The normalized spacial score (nSPS) is 11.8. The maximum Gasteiger partial charge on any atom is 0.166 e. The van der Waals surface area contributed by atoms with Crippen LogP contribution in [0.3, 0.4) is 0 Å². The summed E-state index contributed by atoms with van der Waals surface area (Å²) in [5, 5.41) is 30.0. The zero-order valence-corrected chi connectivity index (χ0v) is 61.1. The van der Waals surface area contributed by atoms with Crippen molar-refractivity contribution in [3.8, 4) is 61.4 Å². The van der Waals surface area contributed by atoms with Gasteiger partial charge in [-0.05, 0) is 209 Å². The molecule has 530 valence electrons. The molecule has 0 saturated carbocycles. The summed E-state index contributed by atoms with van der Waals surface area (Å²) in [5.74, 6) is -0.808. The van der Waals surface area contributed by atoms with Crippen molar-refractivity contribution in [2.24, 2.45) is 0 Å². The third-order valence-corrected chi connectivity index (χ3v) is 23.2. The molecule has 0 amide bonds. The number of methoxy groups -OCH3 is 1. The molecule has 0 spiro atoms. The Morgan fingerprint density at radius 1 is 0.212 bits per heavy atom. The number of benzene rings is 21. The largest absolute Gasteiger partial charge is 0.496 e. The van der Waals surface area contributed by atoms with E-state index in [9.17, 15) is 8.78 Å². The van der Waals surface area contributed by atoms with Crippen molar-refractivity contribution in [3.05, 3.63) is 382 Å². The Labute approximate surface area is 646 Å². The first-order valence-electron chi connectivity index (χ1n) is 38.2. The molecule has 24 aromatic rings. The van der Waals surface area contributed by atoms with Gasteiger partial charge in [-0.15, -0.1) is 0 Å². The van der Waals surface area contributed by atoms with Crippen molar-refractivity contribution in [3.63, 3.8) is 0 Å². The first-order chi connectivity index (χ1) is 55.9. The average molecular weight is 1450 g/mol. The predicted octanol–water partition coefficient (Wildman–Crippen LogP) is 30.9. The molecule has 0 fully saturated rings. The quantitative estimate of drug-likeness (QED) is 0.123. The van der Waals surface area contributed by atoms with Crippen molar-refractivity contribution in [1.82, 2.24) is 0 Å². The van der Waals surface area contributed by atoms with Gasteiger partial charge in [0.05, 0.1) is 7.11 Å². The van der Waals surface area contributed by atoms with Gasteiger partial charge in [0.2, 0.25) is 0 Å². The topological polar surface area (TPSA) is 48.7 Å². The molecule has 3 heterocycles. The first kappa shape index (κ1) is 65.4. The van der Waals surface area contributed by atoms with Gasteiger partial charge < -0.3 is 18.0 Å². The Bertz CT molecular complexity index is 8020. The van der Waals surface area contributed by atoms with Gasteiger partial charge in [0, 0.05) is 59.4 Å². The highest BCUT2D eigenvalue weighted by Gasteiger charge is 2.25. The van der Waals surface area contributed by atoms with E-state index < -0.39 is 11.6 Å². The molecule has 0 aliphatic carbocycles. The summed E-state index contributed by atoms with van der Waals surface area (Å²) in [7, 11) is 1.73. The summed E-state index contributed by atoms with van der Waals surface area (Å²) in [4.78, 5) is 0. The molecule has 6 heteroatoms. The minimum absolute atomic E-state index is 0.241. The van der Waals surface area contributed by atoms with Crippen LogP contribution in [-0.2, 0) is 0 Å². The SMILES string of the molecule is COc1ccc(-c2cc3ccccc3c3c2ccc2c4ccccc4oc23)c2ccccc12.Fc1cccc(-c2ccc3c(c2)cc(-c2cccc4ccccc24)c2ccc4c5ccccc5oc4c23)c1F.c1ccc(-c2c3ccccc3c(-c3cc4ccccc4c4c3ccc3c5ccccc5oc34)c3ccccc23)cc1. The summed E-state index contributed by atoms with van der Waals surface area (Å²) >= 11 is 0. The second kappa shape index (κ2) is 26.3. The smallest absolute Gasteiger partial charge is 0.166 e. The summed E-state index contributed by atoms with van der Waals surface area (Å²) in [6.45, 7) is 0. The minimum atomic E-state index is -0.855. The van der Waals surface area contributed by atoms with Crippen molar-refractivity contribution in [1.29, 1.82) is 0 Å². The standard InChI is InChI=1S/C40H24O.C36H20F2O.C31H20O2/c1-2-12-25(13-3-1)37-29-17-6-8-19-31(29)38(32-20-9-7-18-30(32)37)35-24-26-14-4-5-15-27(26)39-33(35)22-23-34-28-16-10-11-21-36(28)41-40(34)39;37-32-13-6-11-26(35(32)38)22-15-16-25-23(19-22)20-31(27-12-5-8-21-7-1-2-9-24(21)27)29-17-18-30-28-10-3-4-14-33(28)39-36(30)34(25)29;1-32-28-17-16-22(21-10-4-5-11-23(21)28)27-18-19-8-2-3-9-20(19)30-25(27)14-15-26-24-12-6-7-13-29(24)33-31(26)30/h1-24H;1-20H;2-18H,1H3. The Morgan fingerprint density at radius 2 is 0.584 bits per heavy atom. The number of hydrogen-bond acceptors (Lipinski definition) is 4. The number of rotatable bonds is 6. The number of ether oxygens (including phenoxy) is 1. The Balaban J connectivity index is 0.000000104. The average Bonchev–Trinajstić information content (AvgIpc) is 1.68. The van der Waals surface area contributed by atoms with Crippen LogP contribution in [0.15, 0.2) is 383 Å².